The number of halogens is 1. The van der Waals surface area contributed by atoms with Crippen LogP contribution in [-0.4, -0.2) is 39.0 Å². The summed E-state index contributed by atoms with van der Waals surface area (Å²) in [5.41, 5.74) is 0.805. The fraction of sp³-hybridized carbons (Fsp3) is 0.643. The minimum absolute atomic E-state index is 0.166. The molecule has 1 saturated heterocycles. The molecule has 0 N–H and O–H groups in total. The van der Waals surface area contributed by atoms with Gasteiger partial charge in [0.15, 0.2) is 0 Å². The first-order chi connectivity index (χ1) is 9.04. The molecular weight excluding hydrogens is 324 g/mol. The molecule has 1 aromatic rings. The molecule has 19 heavy (non-hydrogen) atoms. The van der Waals surface area contributed by atoms with Gasteiger partial charge in [0.1, 0.15) is 5.69 Å². The average molecular weight is 345 g/mol. The van der Waals surface area contributed by atoms with Gasteiger partial charge in [-0.1, -0.05) is 13.8 Å². The third-order valence-corrected chi connectivity index (χ3v) is 5.46. The SMILES string of the molecule is CCCn1cc(Br)cc1C(=O)N1CCSC(C)C1C. The summed E-state index contributed by atoms with van der Waals surface area (Å²) in [6.45, 7) is 8.22. The van der Waals surface area contributed by atoms with Crippen LogP contribution < -0.4 is 0 Å². The number of nitrogens with zero attached hydrogens (tertiary/aromatic N) is 2. The fourth-order valence-electron chi connectivity index (χ4n) is 2.45. The van der Waals surface area contributed by atoms with E-state index in [1.165, 1.54) is 0 Å². The predicted octanol–water partition coefficient (Wildman–Crippen LogP) is 3.63. The van der Waals surface area contributed by atoms with Crippen molar-refractivity contribution in [1.82, 2.24) is 9.47 Å². The van der Waals surface area contributed by atoms with Crippen LogP contribution >= 0.6 is 27.7 Å². The molecule has 5 heteroatoms. The molecule has 2 rings (SSSR count). The Morgan fingerprint density at radius 1 is 1.53 bits per heavy atom. The van der Waals surface area contributed by atoms with Crippen LogP contribution in [0.2, 0.25) is 0 Å². The number of aryl methyl sites for hydroxylation is 1. The number of hydrogen-bond acceptors (Lipinski definition) is 2. The van der Waals surface area contributed by atoms with Gasteiger partial charge in [-0.2, -0.15) is 11.8 Å². The molecule has 2 heterocycles. The van der Waals surface area contributed by atoms with Crippen LogP contribution in [0.25, 0.3) is 0 Å². The summed E-state index contributed by atoms with van der Waals surface area (Å²) in [7, 11) is 0. The number of carbonyl (C=O) groups excluding carboxylic acids is 1. The number of hydrogen-bond donors (Lipinski definition) is 0. The lowest BCUT2D eigenvalue weighted by Gasteiger charge is -2.37. The molecule has 0 spiro atoms. The standard InChI is InChI=1S/C14H21BrN2OS/c1-4-5-16-9-12(15)8-13(16)14(18)17-6-7-19-11(3)10(17)2/h8-11H,4-7H2,1-3H3. The van der Waals surface area contributed by atoms with Crippen LogP contribution in [0, 0.1) is 0 Å². The van der Waals surface area contributed by atoms with Crippen LogP contribution in [0.5, 0.6) is 0 Å². The molecule has 1 amide bonds. The topological polar surface area (TPSA) is 25.2 Å². The van der Waals surface area contributed by atoms with Crippen LogP contribution in [0.1, 0.15) is 37.7 Å². The summed E-state index contributed by atoms with van der Waals surface area (Å²) in [5, 5.41) is 0.510. The zero-order chi connectivity index (χ0) is 14.0. The predicted molar refractivity (Wildman–Crippen MR) is 84.8 cm³/mol. The van der Waals surface area contributed by atoms with E-state index in [0.29, 0.717) is 11.3 Å². The van der Waals surface area contributed by atoms with E-state index in [-0.39, 0.29) is 5.91 Å². The van der Waals surface area contributed by atoms with Gasteiger partial charge in [-0.3, -0.25) is 4.79 Å². The van der Waals surface area contributed by atoms with Gasteiger partial charge in [0.2, 0.25) is 0 Å². The second kappa shape index (κ2) is 6.35. The van der Waals surface area contributed by atoms with E-state index >= 15 is 0 Å². The van der Waals surface area contributed by atoms with E-state index in [2.05, 4.69) is 41.3 Å². The maximum Gasteiger partial charge on any atom is 0.270 e. The van der Waals surface area contributed by atoms with Crippen LogP contribution in [0.4, 0.5) is 0 Å². The monoisotopic (exact) mass is 344 g/mol. The van der Waals surface area contributed by atoms with Crippen molar-refractivity contribution in [2.45, 2.75) is 45.0 Å². The minimum atomic E-state index is 0.166. The first-order valence-corrected chi connectivity index (χ1v) is 8.67. The van der Waals surface area contributed by atoms with E-state index in [1.807, 2.05) is 28.9 Å². The second-order valence-electron chi connectivity index (χ2n) is 5.05. The molecule has 0 radical (unpaired) electrons. The van der Waals surface area contributed by atoms with Gasteiger partial charge in [0.05, 0.1) is 0 Å². The molecule has 1 aromatic heterocycles. The van der Waals surface area contributed by atoms with E-state index in [9.17, 15) is 4.79 Å². The highest BCUT2D eigenvalue weighted by Crippen LogP contribution is 2.26. The lowest BCUT2D eigenvalue weighted by atomic mass is 10.2. The summed E-state index contributed by atoms with van der Waals surface area (Å²) in [6, 6.07) is 2.24. The maximum absolute atomic E-state index is 12.7. The number of thioether (sulfide) groups is 1. The van der Waals surface area contributed by atoms with Crippen LogP contribution in [0.15, 0.2) is 16.7 Å². The molecule has 0 bridgehead atoms. The molecule has 3 nitrogen and oxygen atoms in total. The molecule has 0 aliphatic carbocycles. The molecule has 0 saturated carbocycles. The van der Waals surface area contributed by atoms with Crippen molar-refractivity contribution in [2.75, 3.05) is 12.3 Å². The fourth-order valence-corrected chi connectivity index (χ4v) is 4.01. The van der Waals surface area contributed by atoms with Crippen molar-refractivity contribution >= 4 is 33.6 Å². The van der Waals surface area contributed by atoms with E-state index < -0.39 is 0 Å². The highest BCUT2D eigenvalue weighted by atomic mass is 79.9. The third-order valence-electron chi connectivity index (χ3n) is 3.69. The van der Waals surface area contributed by atoms with Gasteiger partial charge in [-0.15, -0.1) is 0 Å². The molecule has 2 atom stereocenters. The van der Waals surface area contributed by atoms with Gasteiger partial charge in [0, 0.05) is 40.8 Å². The first kappa shape index (κ1) is 15.0. The highest BCUT2D eigenvalue weighted by molar-refractivity contribution is 9.10. The number of rotatable bonds is 3. The molecule has 2 unspecified atom stereocenters. The van der Waals surface area contributed by atoms with Gasteiger partial charge >= 0.3 is 0 Å². The smallest absolute Gasteiger partial charge is 0.270 e. The lowest BCUT2D eigenvalue weighted by molar-refractivity contribution is 0.0687. The minimum Gasteiger partial charge on any atom is -0.342 e. The Balaban J connectivity index is 2.23. The van der Waals surface area contributed by atoms with Crippen molar-refractivity contribution in [3.05, 3.63) is 22.4 Å². The molecular formula is C14H21BrN2OS. The van der Waals surface area contributed by atoms with E-state index in [1.54, 1.807) is 0 Å². The summed E-state index contributed by atoms with van der Waals surface area (Å²) < 4.78 is 3.04. The Hall–Kier alpha value is -0.420. The molecule has 1 aliphatic rings. The summed E-state index contributed by atoms with van der Waals surface area (Å²) >= 11 is 5.43. The third kappa shape index (κ3) is 3.19. The molecule has 0 aromatic carbocycles. The van der Waals surface area contributed by atoms with Crippen molar-refractivity contribution in [1.29, 1.82) is 0 Å². The maximum atomic E-state index is 12.7. The van der Waals surface area contributed by atoms with Crippen molar-refractivity contribution in [3.63, 3.8) is 0 Å². The molecule has 1 aliphatic heterocycles. The Bertz CT molecular complexity index is 460. The van der Waals surface area contributed by atoms with Gasteiger partial charge < -0.3 is 9.47 Å². The summed E-state index contributed by atoms with van der Waals surface area (Å²) in [4.78, 5) is 14.8. The Labute approximate surface area is 127 Å². The van der Waals surface area contributed by atoms with Crippen molar-refractivity contribution in [3.8, 4) is 0 Å². The number of amides is 1. The Morgan fingerprint density at radius 2 is 2.26 bits per heavy atom. The van der Waals surface area contributed by atoms with Crippen molar-refractivity contribution in [2.24, 2.45) is 0 Å². The largest absolute Gasteiger partial charge is 0.342 e. The number of aromatic nitrogens is 1. The summed E-state index contributed by atoms with van der Waals surface area (Å²) in [6.07, 6.45) is 3.03. The zero-order valence-corrected chi connectivity index (χ0v) is 14.1. The second-order valence-corrected chi connectivity index (χ2v) is 7.45. The average Bonchev–Trinajstić information content (AvgIpc) is 2.73. The van der Waals surface area contributed by atoms with Gasteiger partial charge in [0.25, 0.3) is 5.91 Å². The van der Waals surface area contributed by atoms with Gasteiger partial charge in [-0.25, -0.2) is 0 Å². The highest BCUT2D eigenvalue weighted by Gasteiger charge is 2.30. The summed E-state index contributed by atoms with van der Waals surface area (Å²) in [5.74, 6) is 1.20. The first-order valence-electron chi connectivity index (χ1n) is 6.82. The Kier molecular flexibility index (Phi) is 5.01. The van der Waals surface area contributed by atoms with Gasteiger partial charge in [-0.05, 0) is 35.3 Å². The number of carbonyl (C=O) groups is 1. The normalized spacial score (nSPS) is 23.7. The van der Waals surface area contributed by atoms with Crippen LogP contribution in [0.3, 0.4) is 0 Å². The van der Waals surface area contributed by atoms with E-state index in [4.69, 9.17) is 0 Å². The quantitative estimate of drug-likeness (QED) is 0.836. The van der Waals surface area contributed by atoms with Crippen molar-refractivity contribution < 1.29 is 4.79 Å². The van der Waals surface area contributed by atoms with Crippen LogP contribution in [-0.2, 0) is 6.54 Å². The molecule has 1 fully saturated rings. The zero-order valence-electron chi connectivity index (χ0n) is 11.7. The van der Waals surface area contributed by atoms with E-state index in [0.717, 1.165) is 35.4 Å². The lowest BCUT2D eigenvalue weighted by Crippen LogP contribution is -2.48. The molecule has 106 valence electrons. The Morgan fingerprint density at radius 3 is 2.95 bits per heavy atom.